The van der Waals surface area contributed by atoms with E-state index in [1.165, 1.54) is 12.8 Å². The maximum atomic E-state index is 12.8. The Morgan fingerprint density at radius 3 is 2.38 bits per heavy atom. The molecule has 2 aliphatic rings. The highest BCUT2D eigenvalue weighted by atomic mass is 32.1. The van der Waals surface area contributed by atoms with Crippen molar-refractivity contribution in [3.05, 3.63) is 41.7 Å². The van der Waals surface area contributed by atoms with Gasteiger partial charge in [-0.25, -0.2) is 9.97 Å². The second kappa shape index (κ2) is 7.82. The SMILES string of the molecule is O=C(c1cc(-c2cccs2)on1)N1CCN(c2cc(N3CCCC3)ncn2)CC1. The number of thiophene rings is 1. The Morgan fingerprint density at radius 2 is 1.69 bits per heavy atom. The van der Waals surface area contributed by atoms with Crippen LogP contribution in [0.4, 0.5) is 11.6 Å². The summed E-state index contributed by atoms with van der Waals surface area (Å²) in [5, 5.41) is 5.95. The summed E-state index contributed by atoms with van der Waals surface area (Å²) in [5.74, 6) is 2.47. The molecule has 0 bridgehead atoms. The van der Waals surface area contributed by atoms with Gasteiger partial charge < -0.3 is 19.2 Å². The van der Waals surface area contributed by atoms with Crippen LogP contribution >= 0.6 is 11.3 Å². The maximum absolute atomic E-state index is 12.8. The fraction of sp³-hybridized carbons (Fsp3) is 0.400. The third-order valence-electron chi connectivity index (χ3n) is 5.45. The van der Waals surface area contributed by atoms with E-state index in [9.17, 15) is 4.79 Å². The van der Waals surface area contributed by atoms with Crippen molar-refractivity contribution >= 4 is 28.9 Å². The molecule has 29 heavy (non-hydrogen) atoms. The third kappa shape index (κ3) is 3.69. The van der Waals surface area contributed by atoms with Gasteiger partial charge in [-0.3, -0.25) is 4.79 Å². The van der Waals surface area contributed by atoms with Gasteiger partial charge in [-0.1, -0.05) is 11.2 Å². The van der Waals surface area contributed by atoms with Crippen LogP contribution in [0.15, 0.2) is 40.5 Å². The number of aromatic nitrogens is 3. The zero-order valence-corrected chi connectivity index (χ0v) is 16.8. The molecule has 0 aliphatic carbocycles. The van der Waals surface area contributed by atoms with Gasteiger partial charge in [0.15, 0.2) is 11.5 Å². The molecule has 0 N–H and O–H groups in total. The summed E-state index contributed by atoms with van der Waals surface area (Å²) in [6, 6.07) is 7.70. The standard InChI is InChI=1S/C20H22N6O2S/c27-20(15-12-16(28-23-15)17-4-3-11-29-17)26-9-7-25(8-10-26)19-13-18(21-14-22-19)24-5-1-2-6-24/h3-4,11-14H,1-2,5-10H2. The number of rotatable bonds is 4. The predicted molar refractivity (Wildman–Crippen MR) is 111 cm³/mol. The molecule has 0 aromatic carbocycles. The summed E-state index contributed by atoms with van der Waals surface area (Å²) in [4.78, 5) is 29.0. The normalized spacial score (nSPS) is 17.2. The molecule has 2 fully saturated rings. The van der Waals surface area contributed by atoms with Crippen LogP contribution in [0.5, 0.6) is 0 Å². The molecule has 0 radical (unpaired) electrons. The lowest BCUT2D eigenvalue weighted by atomic mass is 10.2. The lowest BCUT2D eigenvalue weighted by molar-refractivity contribution is 0.0736. The van der Waals surface area contributed by atoms with Crippen LogP contribution < -0.4 is 9.80 Å². The van der Waals surface area contributed by atoms with E-state index in [1.807, 2.05) is 22.4 Å². The van der Waals surface area contributed by atoms with E-state index in [0.29, 0.717) is 24.5 Å². The van der Waals surface area contributed by atoms with Crippen LogP contribution in [-0.4, -0.2) is 65.2 Å². The van der Waals surface area contributed by atoms with Gasteiger partial charge in [-0.05, 0) is 24.3 Å². The molecule has 5 rings (SSSR count). The third-order valence-corrected chi connectivity index (χ3v) is 6.34. The van der Waals surface area contributed by atoms with Crippen LogP contribution in [-0.2, 0) is 0 Å². The van der Waals surface area contributed by atoms with Crippen LogP contribution in [0.25, 0.3) is 10.6 Å². The second-order valence-corrected chi connectivity index (χ2v) is 8.21. The van der Waals surface area contributed by atoms with Crippen molar-refractivity contribution in [1.82, 2.24) is 20.0 Å². The fourth-order valence-corrected chi connectivity index (χ4v) is 4.51. The zero-order chi connectivity index (χ0) is 19.6. The van der Waals surface area contributed by atoms with Crippen LogP contribution in [0.3, 0.4) is 0 Å². The van der Waals surface area contributed by atoms with E-state index in [0.717, 1.165) is 42.7 Å². The van der Waals surface area contributed by atoms with Crippen LogP contribution in [0, 0.1) is 0 Å². The number of amides is 1. The molecule has 1 amide bonds. The fourth-order valence-electron chi connectivity index (χ4n) is 3.84. The van der Waals surface area contributed by atoms with Gasteiger partial charge in [-0.2, -0.15) is 0 Å². The van der Waals surface area contributed by atoms with Gasteiger partial charge in [0.2, 0.25) is 0 Å². The first kappa shape index (κ1) is 18.1. The minimum Gasteiger partial charge on any atom is -0.356 e. The Labute approximate surface area is 172 Å². The van der Waals surface area contributed by atoms with Gasteiger partial charge in [0.25, 0.3) is 5.91 Å². The average molecular weight is 411 g/mol. The van der Waals surface area contributed by atoms with E-state index < -0.39 is 0 Å². The molecule has 8 nitrogen and oxygen atoms in total. The van der Waals surface area contributed by atoms with Gasteiger partial charge >= 0.3 is 0 Å². The quantitative estimate of drug-likeness (QED) is 0.654. The van der Waals surface area contributed by atoms with E-state index in [4.69, 9.17) is 4.52 Å². The Kier molecular flexibility index (Phi) is 4.89. The number of piperazine rings is 1. The van der Waals surface area contributed by atoms with Crippen molar-refractivity contribution in [3.8, 4) is 10.6 Å². The van der Waals surface area contributed by atoms with E-state index in [-0.39, 0.29) is 5.91 Å². The molecule has 5 heterocycles. The molecule has 0 atom stereocenters. The molecule has 3 aromatic rings. The summed E-state index contributed by atoms with van der Waals surface area (Å²) in [6.07, 6.45) is 4.08. The predicted octanol–water partition coefficient (Wildman–Crippen LogP) is 2.76. The topological polar surface area (TPSA) is 78.6 Å². The number of anilines is 2. The zero-order valence-electron chi connectivity index (χ0n) is 16.0. The molecular weight excluding hydrogens is 388 g/mol. The molecule has 9 heteroatoms. The number of hydrogen-bond donors (Lipinski definition) is 0. The molecule has 0 saturated carbocycles. The first-order valence-electron chi connectivity index (χ1n) is 9.90. The van der Waals surface area contributed by atoms with E-state index >= 15 is 0 Å². The first-order chi connectivity index (χ1) is 14.3. The van der Waals surface area contributed by atoms with Crippen LogP contribution in [0.1, 0.15) is 23.3 Å². The Hall–Kier alpha value is -2.94. The maximum Gasteiger partial charge on any atom is 0.276 e. The Bertz CT molecular complexity index is 975. The summed E-state index contributed by atoms with van der Waals surface area (Å²) in [7, 11) is 0. The van der Waals surface area contributed by atoms with Crippen LogP contribution in [0.2, 0.25) is 0 Å². The summed E-state index contributed by atoms with van der Waals surface area (Å²) in [6.45, 7) is 4.84. The molecule has 2 saturated heterocycles. The lowest BCUT2D eigenvalue weighted by Gasteiger charge is -2.35. The summed E-state index contributed by atoms with van der Waals surface area (Å²) in [5.41, 5.74) is 0.361. The van der Waals surface area contributed by atoms with Crippen molar-refractivity contribution in [2.24, 2.45) is 0 Å². The van der Waals surface area contributed by atoms with Crippen molar-refractivity contribution in [2.45, 2.75) is 12.8 Å². The molecule has 0 unspecified atom stereocenters. The van der Waals surface area contributed by atoms with Crippen molar-refractivity contribution in [1.29, 1.82) is 0 Å². The minimum atomic E-state index is -0.0864. The highest BCUT2D eigenvalue weighted by Crippen LogP contribution is 2.26. The first-order valence-corrected chi connectivity index (χ1v) is 10.8. The van der Waals surface area contributed by atoms with E-state index in [2.05, 4.69) is 31.0 Å². The molecule has 150 valence electrons. The average Bonchev–Trinajstić information content (AvgIpc) is 3.55. The van der Waals surface area contributed by atoms with E-state index in [1.54, 1.807) is 23.7 Å². The molecule has 2 aliphatic heterocycles. The Balaban J connectivity index is 1.22. The minimum absolute atomic E-state index is 0.0864. The lowest BCUT2D eigenvalue weighted by Crippen LogP contribution is -2.49. The molecule has 3 aromatic heterocycles. The molecule has 0 spiro atoms. The second-order valence-electron chi connectivity index (χ2n) is 7.26. The largest absolute Gasteiger partial charge is 0.356 e. The van der Waals surface area contributed by atoms with Crippen molar-refractivity contribution < 1.29 is 9.32 Å². The highest BCUT2D eigenvalue weighted by Gasteiger charge is 2.26. The monoisotopic (exact) mass is 410 g/mol. The van der Waals surface area contributed by atoms with Crippen molar-refractivity contribution in [2.75, 3.05) is 49.1 Å². The summed E-state index contributed by atoms with van der Waals surface area (Å²) < 4.78 is 5.35. The molecular formula is C20H22N6O2S. The van der Waals surface area contributed by atoms with Gasteiger partial charge in [0.1, 0.15) is 18.0 Å². The summed E-state index contributed by atoms with van der Waals surface area (Å²) >= 11 is 1.56. The van der Waals surface area contributed by atoms with Gasteiger partial charge in [0, 0.05) is 51.4 Å². The number of carbonyl (C=O) groups is 1. The number of hydrogen-bond acceptors (Lipinski definition) is 8. The highest BCUT2D eigenvalue weighted by molar-refractivity contribution is 7.13. The Morgan fingerprint density at radius 1 is 0.966 bits per heavy atom. The number of carbonyl (C=O) groups excluding carboxylic acids is 1. The van der Waals surface area contributed by atoms with Crippen molar-refractivity contribution in [3.63, 3.8) is 0 Å². The van der Waals surface area contributed by atoms with Gasteiger partial charge in [0.05, 0.1) is 4.88 Å². The smallest absolute Gasteiger partial charge is 0.276 e. The number of nitrogens with zero attached hydrogens (tertiary/aromatic N) is 6. The van der Waals surface area contributed by atoms with Gasteiger partial charge in [-0.15, -0.1) is 11.3 Å².